The van der Waals surface area contributed by atoms with Crippen molar-refractivity contribution in [1.29, 1.82) is 0 Å². The molecule has 6 nitrogen and oxygen atoms in total. The molecule has 0 unspecified atom stereocenters. The van der Waals surface area contributed by atoms with Crippen LogP contribution in [-0.4, -0.2) is 37.2 Å². The largest absolute Gasteiger partial charge is 0.497 e. The van der Waals surface area contributed by atoms with Gasteiger partial charge in [-0.2, -0.15) is 0 Å². The summed E-state index contributed by atoms with van der Waals surface area (Å²) in [7, 11) is 1.61. The molecule has 1 spiro atoms. The van der Waals surface area contributed by atoms with Crippen LogP contribution in [0.1, 0.15) is 5.56 Å². The van der Waals surface area contributed by atoms with Crippen LogP contribution in [0.5, 0.6) is 5.75 Å². The lowest BCUT2D eigenvalue weighted by molar-refractivity contribution is -0.132. The van der Waals surface area contributed by atoms with Crippen molar-refractivity contribution < 1.29 is 19.1 Å². The molecule has 6 heteroatoms. The van der Waals surface area contributed by atoms with Gasteiger partial charge in [0.1, 0.15) is 11.4 Å². The second-order valence-corrected chi connectivity index (χ2v) is 7.73. The molecule has 2 fully saturated rings. The van der Waals surface area contributed by atoms with Crippen molar-refractivity contribution in [3.05, 3.63) is 72.3 Å². The van der Waals surface area contributed by atoms with Crippen LogP contribution in [-0.2, 0) is 20.9 Å². The number of nitrogens with zero attached hydrogens (tertiary/aromatic N) is 1. The van der Waals surface area contributed by atoms with Gasteiger partial charge in [-0.05, 0) is 29.8 Å². The number of hydrogen-bond donors (Lipinski definition) is 1. The Balaban J connectivity index is 1.37. The van der Waals surface area contributed by atoms with Crippen molar-refractivity contribution in [3.63, 3.8) is 0 Å². The van der Waals surface area contributed by atoms with Gasteiger partial charge >= 0.3 is 0 Å². The third-order valence-electron chi connectivity index (χ3n) is 6.10. The standard InChI is InChI=1S/C23H22N2O4/c1-28-17-9-7-16(8-10-17)25-14-23-12-11-18(29-23)19(20(23)22(25)27)21(26)24-13-15-5-3-2-4-6-15/h2-12,18-20H,13-14H2,1H3,(H,24,26)/t18-,19+,20+,23-/m1/s1. The molecule has 3 heterocycles. The highest BCUT2D eigenvalue weighted by Crippen LogP contribution is 2.52. The first-order valence-electron chi connectivity index (χ1n) is 9.75. The maximum absolute atomic E-state index is 13.3. The molecular weight excluding hydrogens is 368 g/mol. The summed E-state index contributed by atoms with van der Waals surface area (Å²) in [6, 6.07) is 17.1. The second kappa shape index (κ2) is 6.74. The van der Waals surface area contributed by atoms with Gasteiger partial charge in [0.2, 0.25) is 11.8 Å². The predicted octanol–water partition coefficient (Wildman–Crippen LogP) is 2.30. The van der Waals surface area contributed by atoms with E-state index in [1.54, 1.807) is 12.0 Å². The Kier molecular flexibility index (Phi) is 4.17. The molecule has 148 valence electrons. The maximum Gasteiger partial charge on any atom is 0.234 e. The molecule has 2 aromatic rings. The van der Waals surface area contributed by atoms with E-state index in [-0.39, 0.29) is 17.9 Å². The van der Waals surface area contributed by atoms with E-state index in [1.807, 2.05) is 66.7 Å². The second-order valence-electron chi connectivity index (χ2n) is 7.73. The van der Waals surface area contributed by atoms with Crippen LogP contribution in [0.2, 0.25) is 0 Å². The minimum Gasteiger partial charge on any atom is -0.497 e. The Morgan fingerprint density at radius 2 is 1.97 bits per heavy atom. The molecule has 2 amide bonds. The Labute approximate surface area is 169 Å². The van der Waals surface area contributed by atoms with Gasteiger partial charge in [0.15, 0.2) is 0 Å². The summed E-state index contributed by atoms with van der Waals surface area (Å²) in [6.07, 6.45) is 3.54. The van der Waals surface area contributed by atoms with E-state index in [4.69, 9.17) is 9.47 Å². The number of carbonyl (C=O) groups is 2. The molecule has 2 aromatic carbocycles. The summed E-state index contributed by atoms with van der Waals surface area (Å²) in [6.45, 7) is 0.848. The van der Waals surface area contributed by atoms with Crippen LogP contribution >= 0.6 is 0 Å². The van der Waals surface area contributed by atoms with E-state index >= 15 is 0 Å². The smallest absolute Gasteiger partial charge is 0.234 e. The quantitative estimate of drug-likeness (QED) is 0.796. The number of hydrogen-bond acceptors (Lipinski definition) is 4. The third-order valence-corrected chi connectivity index (χ3v) is 6.10. The average molecular weight is 390 g/mol. The molecule has 5 rings (SSSR count). The van der Waals surface area contributed by atoms with Crippen LogP contribution < -0.4 is 15.0 Å². The summed E-state index contributed by atoms with van der Waals surface area (Å²) in [4.78, 5) is 28.0. The molecular formula is C23H22N2O4. The van der Waals surface area contributed by atoms with Crippen molar-refractivity contribution in [2.45, 2.75) is 18.2 Å². The van der Waals surface area contributed by atoms with Gasteiger partial charge in [0, 0.05) is 12.2 Å². The zero-order valence-corrected chi connectivity index (χ0v) is 16.1. The highest BCUT2D eigenvalue weighted by atomic mass is 16.5. The number of benzene rings is 2. The topological polar surface area (TPSA) is 67.9 Å². The third kappa shape index (κ3) is 2.83. The van der Waals surface area contributed by atoms with Gasteiger partial charge < -0.3 is 19.7 Å². The molecule has 3 aliphatic heterocycles. The predicted molar refractivity (Wildman–Crippen MR) is 107 cm³/mol. The zero-order chi connectivity index (χ0) is 20.0. The maximum atomic E-state index is 13.3. The van der Waals surface area contributed by atoms with Gasteiger partial charge in [-0.25, -0.2) is 0 Å². The molecule has 2 bridgehead atoms. The lowest BCUT2D eigenvalue weighted by atomic mass is 9.77. The van der Waals surface area contributed by atoms with Crippen LogP contribution in [0.25, 0.3) is 0 Å². The Hall–Kier alpha value is -3.12. The lowest BCUT2D eigenvalue weighted by Crippen LogP contribution is -2.43. The highest BCUT2D eigenvalue weighted by molar-refractivity contribution is 6.03. The Bertz CT molecular complexity index is 972. The van der Waals surface area contributed by atoms with E-state index in [9.17, 15) is 9.59 Å². The number of amides is 2. The molecule has 0 aromatic heterocycles. The van der Waals surface area contributed by atoms with Crippen LogP contribution in [0.3, 0.4) is 0 Å². The minimum absolute atomic E-state index is 0.0677. The van der Waals surface area contributed by atoms with Crippen LogP contribution in [0.15, 0.2) is 66.7 Å². The summed E-state index contributed by atoms with van der Waals surface area (Å²) < 4.78 is 11.4. The number of nitrogens with one attached hydrogen (secondary N) is 1. The molecule has 29 heavy (non-hydrogen) atoms. The van der Waals surface area contributed by atoms with Gasteiger partial charge in [-0.3, -0.25) is 9.59 Å². The van der Waals surface area contributed by atoms with E-state index in [0.29, 0.717) is 13.1 Å². The number of rotatable bonds is 5. The summed E-state index contributed by atoms with van der Waals surface area (Å²) >= 11 is 0. The summed E-state index contributed by atoms with van der Waals surface area (Å²) in [5.41, 5.74) is 1.08. The van der Waals surface area contributed by atoms with E-state index < -0.39 is 17.4 Å². The molecule has 4 atom stereocenters. The van der Waals surface area contributed by atoms with Crippen molar-refractivity contribution >= 4 is 17.5 Å². The zero-order valence-electron chi connectivity index (χ0n) is 16.1. The van der Waals surface area contributed by atoms with Crippen LogP contribution in [0, 0.1) is 11.8 Å². The van der Waals surface area contributed by atoms with Crippen molar-refractivity contribution in [3.8, 4) is 5.75 Å². The fourth-order valence-electron chi connectivity index (χ4n) is 4.68. The fourth-order valence-corrected chi connectivity index (χ4v) is 4.68. The lowest BCUT2D eigenvalue weighted by Gasteiger charge is -2.23. The molecule has 0 radical (unpaired) electrons. The Morgan fingerprint density at radius 1 is 1.21 bits per heavy atom. The highest BCUT2D eigenvalue weighted by Gasteiger charge is 2.67. The van der Waals surface area contributed by atoms with Crippen molar-refractivity contribution in [1.82, 2.24) is 5.32 Å². The number of carbonyl (C=O) groups excluding carboxylic acids is 2. The van der Waals surface area contributed by atoms with Crippen molar-refractivity contribution in [2.75, 3.05) is 18.6 Å². The molecule has 3 aliphatic rings. The summed E-state index contributed by atoms with van der Waals surface area (Å²) in [5, 5.41) is 2.99. The van der Waals surface area contributed by atoms with Gasteiger partial charge in [-0.15, -0.1) is 0 Å². The fraction of sp³-hybridized carbons (Fsp3) is 0.304. The molecule has 2 saturated heterocycles. The number of methoxy groups -OCH3 is 1. The normalized spacial score (nSPS) is 29.2. The van der Waals surface area contributed by atoms with Gasteiger partial charge in [0.25, 0.3) is 0 Å². The van der Waals surface area contributed by atoms with Crippen LogP contribution in [0.4, 0.5) is 5.69 Å². The number of anilines is 1. The first-order valence-corrected chi connectivity index (χ1v) is 9.75. The molecule has 1 N–H and O–H groups in total. The molecule has 0 aliphatic carbocycles. The Morgan fingerprint density at radius 3 is 2.69 bits per heavy atom. The monoisotopic (exact) mass is 390 g/mol. The van der Waals surface area contributed by atoms with E-state index in [2.05, 4.69) is 5.32 Å². The van der Waals surface area contributed by atoms with Gasteiger partial charge in [0.05, 0.1) is 31.6 Å². The van der Waals surface area contributed by atoms with E-state index in [1.165, 1.54) is 0 Å². The van der Waals surface area contributed by atoms with Crippen molar-refractivity contribution in [2.24, 2.45) is 11.8 Å². The van der Waals surface area contributed by atoms with E-state index in [0.717, 1.165) is 17.0 Å². The average Bonchev–Trinajstić information content (AvgIpc) is 3.41. The first kappa shape index (κ1) is 17.9. The minimum atomic E-state index is -0.726. The summed E-state index contributed by atoms with van der Waals surface area (Å²) in [5.74, 6) is -0.495. The number of fused-ring (bicyclic) bond motifs is 1. The molecule has 0 saturated carbocycles. The van der Waals surface area contributed by atoms with Gasteiger partial charge in [-0.1, -0.05) is 42.5 Å². The first-order chi connectivity index (χ1) is 14.1. The SMILES string of the molecule is COc1ccc(N2C[C@@]34C=C[C@@H](O3)[C@H](C(=O)NCc3ccccc3)[C@H]4C2=O)cc1. The number of ether oxygens (including phenoxy) is 2.